The van der Waals surface area contributed by atoms with E-state index < -0.39 is 17.5 Å². The summed E-state index contributed by atoms with van der Waals surface area (Å²) in [4.78, 5) is 11.9. The number of hydrogen-bond donors (Lipinski definition) is 4. The molecule has 1 amide bonds. The number of hydrazone groups is 1. The highest BCUT2D eigenvalue weighted by Gasteiger charge is 2.11. The van der Waals surface area contributed by atoms with Crippen LogP contribution in [0.25, 0.3) is 0 Å². The van der Waals surface area contributed by atoms with E-state index in [1.165, 1.54) is 6.07 Å². The third kappa shape index (κ3) is 3.57. The number of halogens is 1. The van der Waals surface area contributed by atoms with Crippen LogP contribution < -0.4 is 10.7 Å². The standard InChI is InChI=1S/C15H15FN4O2/c1-9-2-4-13(20-19-9)11(7-17)8-18-15(22)10-3-5-14(21)12(16)6-10/h2-7,17,20-21H,8H2,1H3,(H,18,22)/b13-11+,17-7?. The first-order chi connectivity index (χ1) is 10.5. The van der Waals surface area contributed by atoms with Gasteiger partial charge in [0.05, 0.1) is 11.4 Å². The Morgan fingerprint density at radius 2 is 2.27 bits per heavy atom. The predicted octanol–water partition coefficient (Wildman–Crippen LogP) is 1.70. The van der Waals surface area contributed by atoms with Crippen LogP contribution in [-0.2, 0) is 0 Å². The largest absolute Gasteiger partial charge is 0.505 e. The third-order valence-electron chi connectivity index (χ3n) is 3.01. The second kappa shape index (κ2) is 6.66. The molecule has 2 rings (SSSR count). The fraction of sp³-hybridized carbons (Fsp3) is 0.133. The molecular formula is C15H15FN4O2. The molecule has 1 aromatic rings. The number of nitrogens with one attached hydrogen (secondary N) is 3. The highest BCUT2D eigenvalue weighted by molar-refractivity contribution is 5.96. The number of nitrogens with zero attached hydrogens (tertiary/aromatic N) is 1. The van der Waals surface area contributed by atoms with Crippen molar-refractivity contribution >= 4 is 17.8 Å². The van der Waals surface area contributed by atoms with Crippen LogP contribution in [0.4, 0.5) is 4.39 Å². The lowest BCUT2D eigenvalue weighted by Gasteiger charge is -2.13. The van der Waals surface area contributed by atoms with Gasteiger partial charge in [-0.15, -0.1) is 0 Å². The van der Waals surface area contributed by atoms with Gasteiger partial charge in [-0.3, -0.25) is 10.2 Å². The Kier molecular flexibility index (Phi) is 4.67. The van der Waals surface area contributed by atoms with Gasteiger partial charge < -0.3 is 15.8 Å². The molecule has 0 radical (unpaired) electrons. The van der Waals surface area contributed by atoms with E-state index in [0.717, 1.165) is 24.1 Å². The van der Waals surface area contributed by atoms with E-state index in [1.54, 1.807) is 12.2 Å². The van der Waals surface area contributed by atoms with Gasteiger partial charge in [0.15, 0.2) is 11.6 Å². The van der Waals surface area contributed by atoms with Crippen molar-refractivity contribution < 1.29 is 14.3 Å². The summed E-state index contributed by atoms with van der Waals surface area (Å²) >= 11 is 0. The van der Waals surface area contributed by atoms with Crippen molar-refractivity contribution in [3.8, 4) is 5.75 Å². The molecule has 0 saturated heterocycles. The minimum absolute atomic E-state index is 0.0886. The number of aromatic hydroxyl groups is 1. The summed E-state index contributed by atoms with van der Waals surface area (Å²) < 4.78 is 13.2. The normalized spacial score (nSPS) is 15.6. The Balaban J connectivity index is 2.06. The van der Waals surface area contributed by atoms with Gasteiger partial charge in [-0.25, -0.2) is 4.39 Å². The van der Waals surface area contributed by atoms with Crippen LogP contribution in [0.15, 0.2) is 46.7 Å². The minimum atomic E-state index is -0.861. The fourth-order valence-corrected chi connectivity index (χ4v) is 1.76. The van der Waals surface area contributed by atoms with Gasteiger partial charge in [0.1, 0.15) is 0 Å². The monoisotopic (exact) mass is 302 g/mol. The molecule has 0 aliphatic carbocycles. The van der Waals surface area contributed by atoms with Gasteiger partial charge in [-0.1, -0.05) is 0 Å². The van der Waals surface area contributed by atoms with Gasteiger partial charge in [0, 0.05) is 23.9 Å². The number of amides is 1. The number of phenols is 1. The van der Waals surface area contributed by atoms with E-state index in [0.29, 0.717) is 11.3 Å². The number of allylic oxidation sites excluding steroid dienone is 2. The minimum Gasteiger partial charge on any atom is -0.505 e. The predicted molar refractivity (Wildman–Crippen MR) is 81.6 cm³/mol. The lowest BCUT2D eigenvalue weighted by Crippen LogP contribution is -2.28. The highest BCUT2D eigenvalue weighted by Crippen LogP contribution is 2.16. The van der Waals surface area contributed by atoms with Gasteiger partial charge in [0.25, 0.3) is 5.91 Å². The van der Waals surface area contributed by atoms with Gasteiger partial charge in [0.2, 0.25) is 0 Å². The van der Waals surface area contributed by atoms with Crippen molar-refractivity contribution in [3.05, 3.63) is 53.0 Å². The molecule has 22 heavy (non-hydrogen) atoms. The van der Waals surface area contributed by atoms with Crippen LogP contribution in [0, 0.1) is 11.2 Å². The zero-order chi connectivity index (χ0) is 16.1. The van der Waals surface area contributed by atoms with Crippen LogP contribution in [0.2, 0.25) is 0 Å². The van der Waals surface area contributed by atoms with Crippen molar-refractivity contribution in [2.75, 3.05) is 6.54 Å². The molecule has 0 bridgehead atoms. The van der Waals surface area contributed by atoms with Gasteiger partial charge in [-0.05, 0) is 37.3 Å². The molecule has 114 valence electrons. The average Bonchev–Trinajstić information content (AvgIpc) is 2.52. The molecule has 7 heteroatoms. The number of carbonyl (C=O) groups is 1. The van der Waals surface area contributed by atoms with Crippen molar-refractivity contribution in [2.45, 2.75) is 6.92 Å². The molecule has 0 atom stereocenters. The molecule has 4 N–H and O–H groups in total. The first-order valence-electron chi connectivity index (χ1n) is 6.50. The Labute approximate surface area is 126 Å². The Morgan fingerprint density at radius 3 is 2.86 bits per heavy atom. The van der Waals surface area contributed by atoms with Crippen LogP contribution >= 0.6 is 0 Å². The second-order valence-electron chi connectivity index (χ2n) is 4.63. The molecule has 0 fully saturated rings. The third-order valence-corrected chi connectivity index (χ3v) is 3.01. The van der Waals surface area contributed by atoms with Gasteiger partial charge >= 0.3 is 0 Å². The highest BCUT2D eigenvalue weighted by atomic mass is 19.1. The van der Waals surface area contributed by atoms with Crippen molar-refractivity contribution in [3.63, 3.8) is 0 Å². The summed E-state index contributed by atoms with van der Waals surface area (Å²) in [6.07, 6.45) is 4.65. The average molecular weight is 302 g/mol. The van der Waals surface area contributed by atoms with Crippen molar-refractivity contribution in [2.24, 2.45) is 5.10 Å². The van der Waals surface area contributed by atoms with Crippen LogP contribution in [0.3, 0.4) is 0 Å². The summed E-state index contributed by atoms with van der Waals surface area (Å²) in [6, 6.07) is 3.38. The molecule has 1 aliphatic rings. The van der Waals surface area contributed by atoms with E-state index in [-0.39, 0.29) is 12.1 Å². The van der Waals surface area contributed by atoms with E-state index in [4.69, 9.17) is 10.5 Å². The SMILES string of the molecule is CC1=NN/C(=C(\C=N)CNC(=O)c2ccc(O)c(F)c2)C=C1. The maximum absolute atomic E-state index is 13.2. The summed E-state index contributed by atoms with van der Waals surface area (Å²) in [5, 5.41) is 23.1. The molecule has 1 aliphatic heterocycles. The summed E-state index contributed by atoms with van der Waals surface area (Å²) in [5.41, 5.74) is 4.81. The second-order valence-corrected chi connectivity index (χ2v) is 4.63. The molecule has 0 spiro atoms. The van der Waals surface area contributed by atoms with E-state index in [9.17, 15) is 9.18 Å². The Hall–Kier alpha value is -2.96. The van der Waals surface area contributed by atoms with Crippen LogP contribution in [0.5, 0.6) is 5.75 Å². The quantitative estimate of drug-likeness (QED) is 0.637. The molecule has 0 saturated carbocycles. The number of benzene rings is 1. The molecule has 1 aromatic carbocycles. The van der Waals surface area contributed by atoms with Gasteiger partial charge in [-0.2, -0.15) is 5.10 Å². The van der Waals surface area contributed by atoms with Crippen molar-refractivity contribution in [1.29, 1.82) is 5.41 Å². The fourth-order valence-electron chi connectivity index (χ4n) is 1.76. The molecule has 6 nitrogen and oxygen atoms in total. The summed E-state index contributed by atoms with van der Waals surface area (Å²) in [5.74, 6) is -1.87. The van der Waals surface area contributed by atoms with Crippen LogP contribution in [0.1, 0.15) is 17.3 Å². The maximum Gasteiger partial charge on any atom is 0.251 e. The lowest BCUT2D eigenvalue weighted by atomic mass is 10.1. The van der Waals surface area contributed by atoms with E-state index >= 15 is 0 Å². The molecule has 0 aromatic heterocycles. The molecule has 1 heterocycles. The topological polar surface area (TPSA) is 97.6 Å². The zero-order valence-electron chi connectivity index (χ0n) is 11.9. The Morgan fingerprint density at radius 1 is 1.50 bits per heavy atom. The van der Waals surface area contributed by atoms with E-state index in [1.807, 2.05) is 6.92 Å². The number of hydrogen-bond acceptors (Lipinski definition) is 5. The summed E-state index contributed by atoms with van der Waals surface area (Å²) in [6.45, 7) is 1.91. The first kappa shape index (κ1) is 15.4. The number of phenolic OH excluding ortho intramolecular Hbond substituents is 1. The summed E-state index contributed by atoms with van der Waals surface area (Å²) in [7, 11) is 0. The smallest absolute Gasteiger partial charge is 0.251 e. The lowest BCUT2D eigenvalue weighted by molar-refractivity contribution is 0.0957. The molecule has 0 unspecified atom stereocenters. The first-order valence-corrected chi connectivity index (χ1v) is 6.50. The maximum atomic E-state index is 13.2. The number of carbonyl (C=O) groups excluding carboxylic acids is 1. The zero-order valence-corrected chi connectivity index (χ0v) is 11.9. The Bertz CT molecular complexity index is 707. The number of rotatable bonds is 4. The molecular weight excluding hydrogens is 287 g/mol. The van der Waals surface area contributed by atoms with Crippen molar-refractivity contribution in [1.82, 2.24) is 10.7 Å². The van der Waals surface area contributed by atoms with E-state index in [2.05, 4.69) is 15.8 Å². The van der Waals surface area contributed by atoms with Crippen LogP contribution in [-0.4, -0.2) is 29.5 Å².